The highest BCUT2D eigenvalue weighted by atomic mass is 15.4. The summed E-state index contributed by atoms with van der Waals surface area (Å²) in [4.78, 5) is 33.4. The highest BCUT2D eigenvalue weighted by Gasteiger charge is 2.26. The number of hydrogen-bond acceptors (Lipinski definition) is 9. The van der Waals surface area contributed by atoms with Crippen LogP contribution in [0.4, 0.5) is 11.4 Å². The molecule has 13 aromatic carbocycles. The minimum Gasteiger partial charge on any atom is -0.367 e. The van der Waals surface area contributed by atoms with Gasteiger partial charge in [-0.15, -0.1) is 0 Å². The van der Waals surface area contributed by atoms with Gasteiger partial charge in [-0.3, -0.25) is 4.68 Å². The van der Waals surface area contributed by atoms with Crippen molar-refractivity contribution in [3.63, 3.8) is 0 Å². The maximum absolute atomic E-state index is 4.86. The minimum absolute atomic E-state index is 0.542. The molecule has 0 atom stereocenters. The van der Waals surface area contributed by atoms with Crippen LogP contribution in [0.25, 0.3) is 121 Å². The van der Waals surface area contributed by atoms with E-state index in [-0.39, 0.29) is 0 Å². The molecule has 0 aliphatic heterocycles. The Morgan fingerprint density at radius 1 is 0.301 bits per heavy atom. The van der Waals surface area contributed by atoms with Gasteiger partial charge in [0.15, 0.2) is 0 Å². The molecule has 18 rings (SSSR count). The van der Waals surface area contributed by atoms with E-state index in [1.54, 1.807) is 0 Å². The third-order valence-corrected chi connectivity index (χ3v) is 19.3. The molecular formula is C103H114N10. The number of aryl methyl sites for hydroxylation is 3. The Kier molecular flexibility index (Phi) is 31.5. The number of hydrogen-bond donors (Lipinski definition) is 1. The van der Waals surface area contributed by atoms with Gasteiger partial charge in [-0.1, -0.05) is 340 Å². The molecule has 10 heteroatoms. The summed E-state index contributed by atoms with van der Waals surface area (Å²) in [5, 5.41) is 10.8. The van der Waals surface area contributed by atoms with Crippen LogP contribution in [-0.2, 0) is 26.1 Å². The molecule has 113 heavy (non-hydrogen) atoms. The number of para-hydroxylation sites is 4. The zero-order chi connectivity index (χ0) is 80.9. The zero-order valence-corrected chi connectivity index (χ0v) is 70.1. The van der Waals surface area contributed by atoms with Gasteiger partial charge in [0.1, 0.15) is 17.5 Å². The van der Waals surface area contributed by atoms with E-state index in [1.165, 1.54) is 99.3 Å². The number of rotatable bonds is 12. The van der Waals surface area contributed by atoms with Gasteiger partial charge in [0.25, 0.3) is 0 Å². The third-order valence-electron chi connectivity index (χ3n) is 19.3. The molecule has 0 amide bonds. The minimum atomic E-state index is 0.542. The van der Waals surface area contributed by atoms with Crippen LogP contribution in [0.2, 0.25) is 0 Å². The molecule has 0 spiro atoms. The van der Waals surface area contributed by atoms with E-state index in [1.807, 2.05) is 152 Å². The highest BCUT2D eigenvalue weighted by molar-refractivity contribution is 6.15. The summed E-state index contributed by atoms with van der Waals surface area (Å²) < 4.78 is 2.16. The molecule has 576 valence electrons. The first-order chi connectivity index (χ1) is 55.6. The van der Waals surface area contributed by atoms with E-state index >= 15 is 0 Å². The van der Waals surface area contributed by atoms with Gasteiger partial charge in [0.05, 0.1) is 47.2 Å². The molecule has 0 bridgehead atoms. The van der Waals surface area contributed by atoms with E-state index in [2.05, 4.69) is 290 Å². The Bertz CT molecular complexity index is 5870. The fraction of sp³-hybridized carbons (Fsp3) is 0.223. The molecule has 0 saturated carbocycles. The van der Waals surface area contributed by atoms with Crippen molar-refractivity contribution in [2.24, 2.45) is 0 Å². The van der Waals surface area contributed by atoms with Crippen molar-refractivity contribution in [1.29, 1.82) is 0 Å². The second-order valence-electron chi connectivity index (χ2n) is 25.6. The number of anilines is 2. The Morgan fingerprint density at radius 2 is 0.708 bits per heavy atom. The van der Waals surface area contributed by atoms with Gasteiger partial charge in [-0.05, 0) is 142 Å². The maximum Gasteiger partial charge on any atom is 0.149 e. The molecule has 1 aliphatic rings. The Hall–Kier alpha value is -12.4. The number of nitrogens with one attached hydrogen (secondary N) is 1. The topological polar surface area (TPSA) is 101 Å². The summed E-state index contributed by atoms with van der Waals surface area (Å²) >= 11 is 0. The molecule has 10 nitrogen and oxygen atoms in total. The molecule has 0 radical (unpaired) electrons. The summed E-state index contributed by atoms with van der Waals surface area (Å²) in [6.45, 7) is 36.0. The molecular weight excluding hydrogens is 1380 g/mol. The summed E-state index contributed by atoms with van der Waals surface area (Å²) in [7, 11) is 4.27. The van der Waals surface area contributed by atoms with E-state index in [0.29, 0.717) is 19.6 Å². The van der Waals surface area contributed by atoms with Gasteiger partial charge in [0.2, 0.25) is 0 Å². The van der Waals surface area contributed by atoms with E-state index < -0.39 is 0 Å². The Balaban J connectivity index is 0.000000180. The van der Waals surface area contributed by atoms with Crippen molar-refractivity contribution < 1.29 is 0 Å². The molecule has 4 heterocycles. The average Bonchev–Trinajstić information content (AvgIpc) is 1.33. The second kappa shape index (κ2) is 42.1. The summed E-state index contributed by atoms with van der Waals surface area (Å²) in [6.07, 6.45) is 0.961. The van der Waals surface area contributed by atoms with Crippen molar-refractivity contribution in [3.05, 3.63) is 337 Å². The molecule has 4 aromatic heterocycles. The fourth-order valence-electron chi connectivity index (χ4n) is 14.6. The third kappa shape index (κ3) is 19.1. The number of benzene rings is 13. The van der Waals surface area contributed by atoms with E-state index in [4.69, 9.17) is 29.9 Å². The first kappa shape index (κ1) is 84.6. The fourth-order valence-corrected chi connectivity index (χ4v) is 14.6. The first-order valence-electron chi connectivity index (χ1n) is 40.9. The standard InChI is InChI=1S/C31H25N3.C30H25N3.C28H22N4.7C2H6/c1-21-24-13-8-9-15-28(24)33-30(32-21)20-34(2)29-19-18-26-25-14-7-6-10-22(25)16-17-27(26)31(29)23-11-4-3-5-12-23;1-20-23-13-8-9-15-27(23)32-29(31-20)19-33(2)28-17-16-25-24-14-7-6-12-22(24)18-26(25)30(28)21-10-4-3-5-11-21;1-19-22-11-5-7-13-25(22)31-28(30-19)18-29-32-26-14-8-6-12-23(26)24-17-21(15-16-27(24)32)20-9-3-2-4-10-20;7*1-2/h3-19H,20H2,1-2H3;3-17H,18-19H2,1-2H3;2-17,29H,18H2,1H3;7*1-2H3. The van der Waals surface area contributed by atoms with Crippen LogP contribution in [0.15, 0.2) is 291 Å². The van der Waals surface area contributed by atoms with E-state index in [9.17, 15) is 0 Å². The maximum atomic E-state index is 4.86. The molecule has 1 aliphatic carbocycles. The van der Waals surface area contributed by atoms with Gasteiger partial charge in [-0.25, -0.2) is 29.9 Å². The van der Waals surface area contributed by atoms with Crippen LogP contribution < -0.4 is 15.2 Å². The predicted octanol–water partition coefficient (Wildman–Crippen LogP) is 28.0. The largest absolute Gasteiger partial charge is 0.367 e. The molecule has 0 fully saturated rings. The lowest BCUT2D eigenvalue weighted by Gasteiger charge is -2.24. The second-order valence-corrected chi connectivity index (χ2v) is 25.6. The van der Waals surface area contributed by atoms with Gasteiger partial charge in [0, 0.05) is 80.6 Å². The van der Waals surface area contributed by atoms with Crippen molar-refractivity contribution in [3.8, 4) is 44.5 Å². The molecule has 17 aromatic rings. The van der Waals surface area contributed by atoms with Crippen LogP contribution in [0.1, 0.15) is 143 Å². The predicted molar refractivity (Wildman–Crippen MR) is 491 cm³/mol. The van der Waals surface area contributed by atoms with E-state index in [0.717, 1.165) is 84.7 Å². The SMILES string of the molecule is CC.CC.CC.CC.CC.CC.CC.Cc1nc(CN(C)c2ccc3c(c2-c2ccccc2)Cc2ccccc2-3)nc2ccccc12.Cc1nc(CN(C)c2ccc3c(ccc4ccccc43)c2-c2ccccc2)nc2ccccc12.Cc1nc(CNn2c3ccccc3c3cc(-c4ccccc4)ccc32)nc2ccccc12. The molecule has 0 unspecified atom stereocenters. The van der Waals surface area contributed by atoms with Crippen LogP contribution in [0.3, 0.4) is 0 Å². The summed E-state index contributed by atoms with van der Waals surface area (Å²) in [6, 6.07) is 103. The van der Waals surface area contributed by atoms with Crippen molar-refractivity contribution in [2.45, 2.75) is 144 Å². The van der Waals surface area contributed by atoms with Crippen molar-refractivity contribution in [2.75, 3.05) is 29.3 Å². The quantitative estimate of drug-likeness (QED) is 0.120. The summed E-state index contributed by atoms with van der Waals surface area (Å²) in [5.74, 6) is 2.46. The first-order valence-corrected chi connectivity index (χ1v) is 40.9. The van der Waals surface area contributed by atoms with Crippen LogP contribution >= 0.6 is 0 Å². The van der Waals surface area contributed by atoms with Crippen molar-refractivity contribution in [1.82, 2.24) is 34.6 Å². The lowest BCUT2D eigenvalue weighted by Crippen LogP contribution is -2.20. The van der Waals surface area contributed by atoms with Gasteiger partial charge in [-0.2, -0.15) is 0 Å². The smallest absolute Gasteiger partial charge is 0.149 e. The van der Waals surface area contributed by atoms with Crippen LogP contribution in [0, 0.1) is 20.8 Å². The molecule has 0 saturated heterocycles. The summed E-state index contributed by atoms with van der Waals surface area (Å²) in [5.41, 5.74) is 27.2. The monoisotopic (exact) mass is 1490 g/mol. The zero-order valence-electron chi connectivity index (χ0n) is 70.1. The Morgan fingerprint density at radius 3 is 1.26 bits per heavy atom. The Labute approximate surface area is 672 Å². The lowest BCUT2D eigenvalue weighted by molar-refractivity contribution is 0.840. The average molecular weight is 1490 g/mol. The van der Waals surface area contributed by atoms with Gasteiger partial charge < -0.3 is 15.2 Å². The lowest BCUT2D eigenvalue weighted by atomic mass is 9.93. The van der Waals surface area contributed by atoms with Crippen molar-refractivity contribution >= 4 is 87.4 Å². The number of aromatic nitrogens is 7. The normalized spacial score (nSPS) is 10.5. The molecule has 1 N–H and O–H groups in total. The number of fused-ring (bicyclic) bond motifs is 12. The van der Waals surface area contributed by atoms with Gasteiger partial charge >= 0.3 is 0 Å². The highest BCUT2D eigenvalue weighted by Crippen LogP contribution is 2.47. The van der Waals surface area contributed by atoms with Crippen LogP contribution in [-0.4, -0.2) is 48.7 Å². The van der Waals surface area contributed by atoms with Crippen LogP contribution in [0.5, 0.6) is 0 Å². The number of nitrogens with zero attached hydrogens (tertiary/aromatic N) is 9.